The fourth-order valence-corrected chi connectivity index (χ4v) is 0.385. The summed E-state index contributed by atoms with van der Waals surface area (Å²) in [5, 5.41) is 8.03. The molecular formula is C6H4O5. The molecule has 0 aromatic carbocycles. The quantitative estimate of drug-likeness (QED) is 0.186. The van der Waals surface area contributed by atoms with Gasteiger partial charge in [0.25, 0.3) is 5.78 Å². The summed E-state index contributed by atoms with van der Waals surface area (Å²) in [6.45, 7) is 0.918. The molecule has 0 bridgehead atoms. The Morgan fingerprint density at radius 1 is 1.27 bits per heavy atom. The van der Waals surface area contributed by atoms with Crippen LogP contribution in [0.1, 0.15) is 6.92 Å². The van der Waals surface area contributed by atoms with E-state index < -0.39 is 23.1 Å². The van der Waals surface area contributed by atoms with E-state index in [2.05, 4.69) is 0 Å². The van der Waals surface area contributed by atoms with Crippen LogP contribution in [-0.4, -0.2) is 28.6 Å². The summed E-state index contributed by atoms with van der Waals surface area (Å²) in [5.41, 5.74) is -0.961. The average Bonchev–Trinajstić information content (AvgIpc) is 1.88. The van der Waals surface area contributed by atoms with Gasteiger partial charge in [-0.25, -0.2) is 9.59 Å². The fourth-order valence-electron chi connectivity index (χ4n) is 0.385. The molecule has 1 N–H and O–H groups in total. The molecule has 5 nitrogen and oxygen atoms in total. The van der Waals surface area contributed by atoms with Gasteiger partial charge in [-0.2, -0.15) is 0 Å². The lowest BCUT2D eigenvalue weighted by atomic mass is 10.1. The Morgan fingerprint density at radius 3 is 1.82 bits per heavy atom. The van der Waals surface area contributed by atoms with Crippen LogP contribution in [0.3, 0.4) is 0 Å². The number of hydrogen-bond acceptors (Lipinski definition) is 4. The fraction of sp³-hybridized carbons (Fsp3) is 0.167. The molecule has 0 aromatic heterocycles. The third kappa shape index (κ3) is 2.15. The van der Waals surface area contributed by atoms with E-state index in [0.717, 1.165) is 12.9 Å². The molecule has 0 aliphatic rings. The lowest BCUT2D eigenvalue weighted by Crippen LogP contribution is -2.19. The molecular weight excluding hydrogens is 152 g/mol. The molecule has 5 heteroatoms. The minimum absolute atomic E-state index is 0.896. The van der Waals surface area contributed by atoms with Gasteiger partial charge in [0.2, 0.25) is 0 Å². The highest BCUT2D eigenvalue weighted by atomic mass is 16.4. The maximum atomic E-state index is 10.4. The van der Waals surface area contributed by atoms with E-state index in [9.17, 15) is 19.2 Å². The molecule has 0 radical (unpaired) electrons. The molecule has 0 saturated heterocycles. The van der Waals surface area contributed by atoms with E-state index in [4.69, 9.17) is 5.11 Å². The van der Waals surface area contributed by atoms with Gasteiger partial charge >= 0.3 is 5.97 Å². The van der Waals surface area contributed by atoms with E-state index in [0.29, 0.717) is 0 Å². The highest BCUT2D eigenvalue weighted by Gasteiger charge is 2.22. The second-order valence-corrected chi connectivity index (χ2v) is 1.67. The maximum absolute atomic E-state index is 10.4. The first-order valence-electron chi connectivity index (χ1n) is 2.54. The van der Waals surface area contributed by atoms with Gasteiger partial charge in [0.05, 0.1) is 0 Å². The number of carboxylic acid groups (broad SMARTS) is 1. The van der Waals surface area contributed by atoms with Crippen LogP contribution in [-0.2, 0) is 19.2 Å². The third-order valence-electron chi connectivity index (χ3n) is 0.875. The van der Waals surface area contributed by atoms with Crippen LogP contribution < -0.4 is 0 Å². The topological polar surface area (TPSA) is 88.5 Å². The Morgan fingerprint density at radius 2 is 1.73 bits per heavy atom. The Labute approximate surface area is 61.3 Å². The summed E-state index contributed by atoms with van der Waals surface area (Å²) in [5.74, 6) is -3.28. The van der Waals surface area contributed by atoms with Crippen molar-refractivity contribution in [2.75, 3.05) is 0 Å². The van der Waals surface area contributed by atoms with Crippen LogP contribution >= 0.6 is 0 Å². The minimum Gasteiger partial charge on any atom is -0.475 e. The number of carboxylic acids is 1. The Balaban J connectivity index is 4.85. The lowest BCUT2D eigenvalue weighted by Gasteiger charge is -1.89. The molecule has 0 atom stereocenters. The molecule has 0 unspecified atom stereocenters. The average molecular weight is 156 g/mol. The van der Waals surface area contributed by atoms with Crippen molar-refractivity contribution in [3.8, 4) is 0 Å². The highest BCUT2D eigenvalue weighted by Crippen LogP contribution is 1.92. The van der Waals surface area contributed by atoms with Gasteiger partial charge in [-0.05, 0) is 0 Å². The van der Waals surface area contributed by atoms with Gasteiger partial charge in [0, 0.05) is 6.92 Å². The molecule has 0 aliphatic heterocycles. The van der Waals surface area contributed by atoms with Crippen LogP contribution in [0.25, 0.3) is 0 Å². The first-order valence-corrected chi connectivity index (χ1v) is 2.54. The number of rotatable bonds is 3. The van der Waals surface area contributed by atoms with Crippen molar-refractivity contribution in [3.05, 3.63) is 5.57 Å². The SMILES string of the molecule is CC(=O)C(=C=O)C(=O)C(=O)O. The number of Topliss-reactive ketones (excluding diaryl/α,β-unsaturated/α-hetero) is 2. The highest BCUT2D eigenvalue weighted by molar-refractivity contribution is 6.48. The van der Waals surface area contributed by atoms with Gasteiger partial charge in [0.15, 0.2) is 11.4 Å². The Bertz CT molecular complexity index is 269. The monoisotopic (exact) mass is 156 g/mol. The van der Waals surface area contributed by atoms with E-state index in [1.807, 2.05) is 0 Å². The van der Waals surface area contributed by atoms with E-state index in [1.165, 1.54) is 0 Å². The van der Waals surface area contributed by atoms with Gasteiger partial charge in [-0.15, -0.1) is 0 Å². The minimum atomic E-state index is -1.83. The van der Waals surface area contributed by atoms with Crippen molar-refractivity contribution in [3.63, 3.8) is 0 Å². The number of aliphatic carboxylic acids is 1. The number of ketones is 2. The number of hydrogen-bond donors (Lipinski definition) is 1. The van der Waals surface area contributed by atoms with Crippen LogP contribution in [0.4, 0.5) is 0 Å². The van der Waals surface area contributed by atoms with E-state index in [-0.39, 0.29) is 0 Å². The zero-order valence-electron chi connectivity index (χ0n) is 5.58. The summed E-state index contributed by atoms with van der Waals surface area (Å²) in [4.78, 5) is 40.5. The molecule has 0 spiro atoms. The van der Waals surface area contributed by atoms with Gasteiger partial charge in [0.1, 0.15) is 5.94 Å². The first-order chi connectivity index (χ1) is 5.00. The first kappa shape index (κ1) is 9.26. The summed E-state index contributed by atoms with van der Waals surface area (Å²) in [7, 11) is 0. The molecule has 0 aromatic rings. The van der Waals surface area contributed by atoms with Crippen molar-refractivity contribution in [2.45, 2.75) is 6.92 Å². The standard InChI is InChI=1S/C6H4O5/c1-3(8)4(2-7)5(9)6(10)11/h1H3,(H,10,11). The molecule has 58 valence electrons. The number of carbonyl (C=O) groups is 3. The Hall–Kier alpha value is -1.74. The summed E-state index contributed by atoms with van der Waals surface area (Å²) in [6, 6.07) is 0. The normalized spacial score (nSPS) is 8.09. The third-order valence-corrected chi connectivity index (χ3v) is 0.875. The van der Waals surface area contributed by atoms with Gasteiger partial charge in [-0.1, -0.05) is 0 Å². The van der Waals surface area contributed by atoms with Crippen LogP contribution in [0, 0.1) is 0 Å². The molecule has 0 heterocycles. The van der Waals surface area contributed by atoms with Crippen molar-refractivity contribution < 1.29 is 24.3 Å². The molecule has 0 rings (SSSR count). The zero-order chi connectivity index (χ0) is 9.02. The summed E-state index contributed by atoms with van der Waals surface area (Å²) >= 11 is 0. The number of carbonyl (C=O) groups excluding carboxylic acids is 3. The van der Waals surface area contributed by atoms with Crippen molar-refractivity contribution >= 4 is 23.5 Å². The van der Waals surface area contributed by atoms with Gasteiger partial charge in [-0.3, -0.25) is 9.59 Å². The predicted molar refractivity (Wildman–Crippen MR) is 32.5 cm³/mol. The second kappa shape index (κ2) is 3.43. The summed E-state index contributed by atoms with van der Waals surface area (Å²) in [6.07, 6.45) is 0. The van der Waals surface area contributed by atoms with Gasteiger partial charge < -0.3 is 5.11 Å². The molecule has 0 saturated carbocycles. The zero-order valence-corrected chi connectivity index (χ0v) is 5.58. The van der Waals surface area contributed by atoms with Crippen LogP contribution in [0.2, 0.25) is 0 Å². The molecule has 0 aliphatic carbocycles. The van der Waals surface area contributed by atoms with Crippen molar-refractivity contribution in [1.29, 1.82) is 0 Å². The maximum Gasteiger partial charge on any atom is 0.378 e. The Kier molecular flexibility index (Phi) is 2.89. The van der Waals surface area contributed by atoms with Crippen molar-refractivity contribution in [2.24, 2.45) is 0 Å². The van der Waals surface area contributed by atoms with E-state index >= 15 is 0 Å². The lowest BCUT2D eigenvalue weighted by molar-refractivity contribution is -0.147. The summed E-state index contributed by atoms with van der Waals surface area (Å²) < 4.78 is 0. The van der Waals surface area contributed by atoms with Crippen LogP contribution in [0.15, 0.2) is 5.57 Å². The van der Waals surface area contributed by atoms with Crippen LogP contribution in [0.5, 0.6) is 0 Å². The second-order valence-electron chi connectivity index (χ2n) is 1.67. The largest absolute Gasteiger partial charge is 0.475 e. The smallest absolute Gasteiger partial charge is 0.378 e. The molecule has 0 fully saturated rings. The molecule has 11 heavy (non-hydrogen) atoms. The molecule has 0 amide bonds. The van der Waals surface area contributed by atoms with Crippen molar-refractivity contribution in [1.82, 2.24) is 0 Å². The predicted octanol–water partition coefficient (Wildman–Crippen LogP) is -1.01. The van der Waals surface area contributed by atoms with E-state index in [1.54, 1.807) is 0 Å².